The number of aryl methyl sites for hydroxylation is 1. The molecule has 20 heavy (non-hydrogen) atoms. The summed E-state index contributed by atoms with van der Waals surface area (Å²) in [5.74, 6) is 1.91. The van der Waals surface area contributed by atoms with Gasteiger partial charge in [-0.1, -0.05) is 19.9 Å². The van der Waals surface area contributed by atoms with E-state index in [1.165, 1.54) is 29.5 Å². The standard InChI is InChI=1S/C17H23NO2/c1-11(2)17(19)18-9-7-13-4-3-12-5-6-15-14(16(12)13)8-10-20-15/h5-6,11,13H,3-4,7-10H2,1-2H3,(H,18,19). The van der Waals surface area contributed by atoms with E-state index in [9.17, 15) is 4.79 Å². The first-order valence-corrected chi connectivity index (χ1v) is 7.72. The Morgan fingerprint density at radius 1 is 1.40 bits per heavy atom. The van der Waals surface area contributed by atoms with Crippen molar-refractivity contribution in [1.82, 2.24) is 5.32 Å². The first-order valence-electron chi connectivity index (χ1n) is 7.72. The molecule has 1 aliphatic carbocycles. The molecule has 0 saturated carbocycles. The Labute approximate surface area is 120 Å². The van der Waals surface area contributed by atoms with Crippen LogP contribution in [0.5, 0.6) is 5.75 Å². The van der Waals surface area contributed by atoms with Crippen LogP contribution in [0.15, 0.2) is 12.1 Å². The van der Waals surface area contributed by atoms with Gasteiger partial charge in [0, 0.05) is 24.4 Å². The van der Waals surface area contributed by atoms with Gasteiger partial charge in [0.25, 0.3) is 0 Å². The van der Waals surface area contributed by atoms with Crippen LogP contribution in [0.25, 0.3) is 0 Å². The summed E-state index contributed by atoms with van der Waals surface area (Å²) in [7, 11) is 0. The second-order valence-corrected chi connectivity index (χ2v) is 6.18. The highest BCUT2D eigenvalue weighted by molar-refractivity contribution is 5.77. The van der Waals surface area contributed by atoms with Crippen molar-refractivity contribution in [3.05, 3.63) is 28.8 Å². The normalized spacial score (nSPS) is 19.6. The van der Waals surface area contributed by atoms with Crippen molar-refractivity contribution in [2.75, 3.05) is 13.2 Å². The summed E-state index contributed by atoms with van der Waals surface area (Å²) in [6.45, 7) is 5.48. The van der Waals surface area contributed by atoms with Crippen molar-refractivity contribution in [2.45, 2.75) is 45.4 Å². The van der Waals surface area contributed by atoms with Gasteiger partial charge in [0.1, 0.15) is 5.75 Å². The maximum Gasteiger partial charge on any atom is 0.222 e. The van der Waals surface area contributed by atoms with Crippen molar-refractivity contribution in [1.29, 1.82) is 0 Å². The molecule has 1 aromatic carbocycles. The lowest BCUT2D eigenvalue weighted by Crippen LogP contribution is -2.29. The lowest BCUT2D eigenvalue weighted by molar-refractivity contribution is -0.123. The van der Waals surface area contributed by atoms with E-state index < -0.39 is 0 Å². The highest BCUT2D eigenvalue weighted by Gasteiger charge is 2.29. The molecule has 2 aliphatic rings. The molecule has 0 aromatic heterocycles. The Morgan fingerprint density at radius 2 is 2.25 bits per heavy atom. The molecule has 3 heteroatoms. The number of carbonyl (C=O) groups is 1. The molecule has 3 nitrogen and oxygen atoms in total. The molecule has 1 unspecified atom stereocenters. The van der Waals surface area contributed by atoms with Crippen LogP contribution in [-0.4, -0.2) is 19.1 Å². The van der Waals surface area contributed by atoms with Gasteiger partial charge in [-0.25, -0.2) is 0 Å². The SMILES string of the molecule is CC(C)C(=O)NCCC1CCc2ccc3c(c21)CCO3. The number of amides is 1. The molecule has 0 bridgehead atoms. The molecule has 1 heterocycles. The predicted molar refractivity (Wildman–Crippen MR) is 79.2 cm³/mol. The topological polar surface area (TPSA) is 38.3 Å². The van der Waals surface area contributed by atoms with E-state index in [0.717, 1.165) is 31.7 Å². The molecule has 1 aliphatic heterocycles. The lowest BCUT2D eigenvalue weighted by atomic mass is 9.92. The van der Waals surface area contributed by atoms with E-state index in [1.54, 1.807) is 0 Å². The first kappa shape index (κ1) is 13.5. The summed E-state index contributed by atoms with van der Waals surface area (Å²) >= 11 is 0. The van der Waals surface area contributed by atoms with E-state index in [4.69, 9.17) is 4.74 Å². The minimum Gasteiger partial charge on any atom is -0.493 e. The molecule has 108 valence electrons. The zero-order valence-electron chi connectivity index (χ0n) is 12.4. The minimum absolute atomic E-state index is 0.0727. The number of carbonyl (C=O) groups excluding carboxylic acids is 1. The van der Waals surface area contributed by atoms with Gasteiger partial charge < -0.3 is 10.1 Å². The van der Waals surface area contributed by atoms with Crippen molar-refractivity contribution in [2.24, 2.45) is 5.92 Å². The van der Waals surface area contributed by atoms with Crippen LogP contribution in [0, 0.1) is 5.92 Å². The molecule has 0 radical (unpaired) electrons. The highest BCUT2D eigenvalue weighted by atomic mass is 16.5. The van der Waals surface area contributed by atoms with E-state index >= 15 is 0 Å². The largest absolute Gasteiger partial charge is 0.493 e. The fourth-order valence-corrected chi connectivity index (χ4v) is 3.41. The molecule has 1 atom stereocenters. The maximum atomic E-state index is 11.6. The van der Waals surface area contributed by atoms with E-state index in [0.29, 0.717) is 5.92 Å². The van der Waals surface area contributed by atoms with Gasteiger partial charge in [-0.3, -0.25) is 4.79 Å². The summed E-state index contributed by atoms with van der Waals surface area (Å²) < 4.78 is 5.68. The van der Waals surface area contributed by atoms with Crippen LogP contribution in [-0.2, 0) is 17.6 Å². The molecule has 1 amide bonds. The smallest absolute Gasteiger partial charge is 0.222 e. The fourth-order valence-electron chi connectivity index (χ4n) is 3.41. The molecule has 0 spiro atoms. The number of fused-ring (bicyclic) bond motifs is 3. The van der Waals surface area contributed by atoms with Crippen molar-refractivity contribution < 1.29 is 9.53 Å². The summed E-state index contributed by atoms with van der Waals surface area (Å²) in [6, 6.07) is 4.36. The molecular weight excluding hydrogens is 250 g/mol. The number of ether oxygens (including phenoxy) is 1. The summed E-state index contributed by atoms with van der Waals surface area (Å²) in [5.41, 5.74) is 4.45. The quantitative estimate of drug-likeness (QED) is 0.916. The van der Waals surface area contributed by atoms with Gasteiger partial charge in [-0.2, -0.15) is 0 Å². The lowest BCUT2D eigenvalue weighted by Gasteiger charge is -2.16. The van der Waals surface area contributed by atoms with Crippen LogP contribution < -0.4 is 10.1 Å². The number of nitrogens with one attached hydrogen (secondary N) is 1. The maximum absolute atomic E-state index is 11.6. The number of hydrogen-bond donors (Lipinski definition) is 1. The van der Waals surface area contributed by atoms with Crippen molar-refractivity contribution >= 4 is 5.91 Å². The van der Waals surface area contributed by atoms with Crippen LogP contribution in [0.4, 0.5) is 0 Å². The van der Waals surface area contributed by atoms with Gasteiger partial charge in [0.05, 0.1) is 6.61 Å². The highest BCUT2D eigenvalue weighted by Crippen LogP contribution is 2.42. The third-order valence-electron chi connectivity index (χ3n) is 4.50. The molecular formula is C17H23NO2. The Morgan fingerprint density at radius 3 is 3.05 bits per heavy atom. The average molecular weight is 273 g/mol. The van der Waals surface area contributed by atoms with Crippen LogP contribution in [0.2, 0.25) is 0 Å². The Balaban J connectivity index is 1.67. The Bertz CT molecular complexity index is 522. The van der Waals surface area contributed by atoms with Crippen molar-refractivity contribution in [3.63, 3.8) is 0 Å². The summed E-state index contributed by atoms with van der Waals surface area (Å²) in [4.78, 5) is 11.6. The van der Waals surface area contributed by atoms with E-state index in [1.807, 2.05) is 13.8 Å². The molecule has 0 saturated heterocycles. The summed E-state index contributed by atoms with van der Waals surface area (Å²) in [6.07, 6.45) is 4.48. The third-order valence-corrected chi connectivity index (χ3v) is 4.50. The van der Waals surface area contributed by atoms with Crippen molar-refractivity contribution in [3.8, 4) is 5.75 Å². The second-order valence-electron chi connectivity index (χ2n) is 6.18. The monoisotopic (exact) mass is 273 g/mol. The zero-order chi connectivity index (χ0) is 14.1. The molecule has 3 rings (SSSR count). The fraction of sp³-hybridized carbons (Fsp3) is 0.588. The second kappa shape index (κ2) is 5.47. The van der Waals surface area contributed by atoms with Crippen LogP contribution in [0.3, 0.4) is 0 Å². The van der Waals surface area contributed by atoms with Gasteiger partial charge in [-0.05, 0) is 42.4 Å². The van der Waals surface area contributed by atoms with Crippen LogP contribution >= 0.6 is 0 Å². The van der Waals surface area contributed by atoms with Crippen LogP contribution in [0.1, 0.15) is 49.3 Å². The molecule has 0 fully saturated rings. The first-order chi connectivity index (χ1) is 9.66. The Hall–Kier alpha value is -1.51. The zero-order valence-corrected chi connectivity index (χ0v) is 12.4. The van der Waals surface area contributed by atoms with Gasteiger partial charge >= 0.3 is 0 Å². The number of hydrogen-bond acceptors (Lipinski definition) is 2. The third kappa shape index (κ3) is 2.41. The van der Waals surface area contributed by atoms with Gasteiger partial charge in [0.15, 0.2) is 0 Å². The molecule has 1 aromatic rings. The average Bonchev–Trinajstić information content (AvgIpc) is 3.03. The number of rotatable bonds is 4. The van der Waals surface area contributed by atoms with Gasteiger partial charge in [-0.15, -0.1) is 0 Å². The summed E-state index contributed by atoms with van der Waals surface area (Å²) in [5, 5.41) is 3.04. The van der Waals surface area contributed by atoms with Gasteiger partial charge in [0.2, 0.25) is 5.91 Å². The van der Waals surface area contributed by atoms with E-state index in [-0.39, 0.29) is 11.8 Å². The Kier molecular flexibility index (Phi) is 3.68. The minimum atomic E-state index is 0.0727. The number of benzene rings is 1. The van der Waals surface area contributed by atoms with E-state index in [2.05, 4.69) is 17.4 Å². The molecule has 1 N–H and O–H groups in total. The predicted octanol–water partition coefficient (Wildman–Crippen LogP) is 2.81.